The molecule has 2 unspecified atom stereocenters. The number of aryl methyl sites for hydroxylation is 1. The molecule has 0 heterocycles. The molecule has 4 bridgehead atoms. The second-order valence-corrected chi connectivity index (χ2v) is 7.52. The summed E-state index contributed by atoms with van der Waals surface area (Å²) in [4.78, 5) is 0. The molecule has 0 spiro atoms. The van der Waals surface area contributed by atoms with Crippen LogP contribution < -0.4 is 5.73 Å². The summed E-state index contributed by atoms with van der Waals surface area (Å²) >= 11 is 0. The topological polar surface area (TPSA) is 26.0 Å². The molecule has 0 amide bonds. The monoisotopic (exact) mass is 255 g/mol. The van der Waals surface area contributed by atoms with Gasteiger partial charge in [0.15, 0.2) is 0 Å². The minimum atomic E-state index is 0.508. The lowest BCUT2D eigenvalue weighted by molar-refractivity contribution is -0.0524. The van der Waals surface area contributed by atoms with E-state index in [0.717, 1.165) is 30.2 Å². The Bertz CT molecular complexity index is 476. The minimum Gasteiger partial charge on any atom is -0.330 e. The third-order valence-electron chi connectivity index (χ3n) is 6.37. The lowest BCUT2D eigenvalue weighted by Gasteiger charge is -2.60. The van der Waals surface area contributed by atoms with E-state index in [-0.39, 0.29) is 0 Å². The molecule has 5 rings (SSSR count). The van der Waals surface area contributed by atoms with E-state index in [1.807, 2.05) is 0 Å². The van der Waals surface area contributed by atoms with Gasteiger partial charge < -0.3 is 5.73 Å². The van der Waals surface area contributed by atoms with Crippen molar-refractivity contribution < 1.29 is 0 Å². The normalized spacial score (nSPS) is 43.7. The summed E-state index contributed by atoms with van der Waals surface area (Å²) in [7, 11) is 0. The fourth-order valence-electron chi connectivity index (χ4n) is 5.84. The Morgan fingerprint density at radius 3 is 2.53 bits per heavy atom. The Kier molecular flexibility index (Phi) is 2.57. The molecule has 0 saturated heterocycles. The van der Waals surface area contributed by atoms with E-state index in [1.54, 1.807) is 5.56 Å². The van der Waals surface area contributed by atoms with Gasteiger partial charge in [0.1, 0.15) is 0 Å². The quantitative estimate of drug-likeness (QED) is 0.857. The first-order valence-corrected chi connectivity index (χ1v) is 7.97. The van der Waals surface area contributed by atoms with Crippen LogP contribution in [-0.4, -0.2) is 6.54 Å². The summed E-state index contributed by atoms with van der Waals surface area (Å²) in [6, 6.07) is 9.32. The van der Waals surface area contributed by atoms with E-state index in [0.29, 0.717) is 5.41 Å². The van der Waals surface area contributed by atoms with Crippen LogP contribution in [0.15, 0.2) is 24.3 Å². The lowest BCUT2D eigenvalue weighted by Crippen LogP contribution is -2.54. The zero-order valence-electron chi connectivity index (χ0n) is 11.9. The molecular formula is C18H25N. The van der Waals surface area contributed by atoms with Gasteiger partial charge in [0.25, 0.3) is 0 Å². The maximum Gasteiger partial charge on any atom is -0.00387 e. The molecule has 0 aromatic heterocycles. The van der Waals surface area contributed by atoms with Gasteiger partial charge in [-0.25, -0.2) is 0 Å². The maximum atomic E-state index is 6.06. The van der Waals surface area contributed by atoms with Crippen LogP contribution in [0.3, 0.4) is 0 Å². The fourth-order valence-corrected chi connectivity index (χ4v) is 5.84. The molecule has 4 aliphatic rings. The molecule has 19 heavy (non-hydrogen) atoms. The average Bonchev–Trinajstić information content (AvgIpc) is 2.38. The third kappa shape index (κ3) is 1.71. The van der Waals surface area contributed by atoms with E-state index in [1.165, 1.54) is 37.7 Å². The van der Waals surface area contributed by atoms with Crippen molar-refractivity contribution in [1.82, 2.24) is 0 Å². The number of nitrogens with two attached hydrogens (primary N) is 1. The van der Waals surface area contributed by atoms with E-state index in [2.05, 4.69) is 31.2 Å². The SMILES string of the molecule is Cc1cccc(C23CC4CC(C2)C(CN)C(C4)C3)c1. The Labute approximate surface area is 116 Å². The van der Waals surface area contributed by atoms with Crippen LogP contribution >= 0.6 is 0 Å². The predicted molar refractivity (Wildman–Crippen MR) is 79.0 cm³/mol. The molecule has 102 valence electrons. The molecule has 0 radical (unpaired) electrons. The highest BCUT2D eigenvalue weighted by Gasteiger charge is 2.55. The first-order valence-electron chi connectivity index (χ1n) is 7.97. The standard InChI is InChI=1S/C18H25N/c1-12-3-2-4-16(5-12)18-8-13-6-14(9-18)17(11-19)15(7-13)10-18/h2-5,13-15,17H,6-11,19H2,1H3. The van der Waals surface area contributed by atoms with Crippen LogP contribution in [0, 0.1) is 30.6 Å². The number of benzene rings is 1. The van der Waals surface area contributed by atoms with E-state index >= 15 is 0 Å². The maximum absolute atomic E-state index is 6.06. The van der Waals surface area contributed by atoms with Gasteiger partial charge >= 0.3 is 0 Å². The van der Waals surface area contributed by atoms with Crippen molar-refractivity contribution in [2.75, 3.05) is 6.54 Å². The highest BCUT2D eigenvalue weighted by Crippen LogP contribution is 2.62. The summed E-state index contributed by atoms with van der Waals surface area (Å²) < 4.78 is 0. The van der Waals surface area contributed by atoms with Crippen LogP contribution in [0.2, 0.25) is 0 Å². The van der Waals surface area contributed by atoms with E-state index < -0.39 is 0 Å². The zero-order chi connectivity index (χ0) is 13.0. The van der Waals surface area contributed by atoms with Gasteiger partial charge in [-0.1, -0.05) is 29.8 Å². The van der Waals surface area contributed by atoms with Crippen LogP contribution in [0.25, 0.3) is 0 Å². The summed E-state index contributed by atoms with van der Waals surface area (Å²) in [6.45, 7) is 3.15. The second-order valence-electron chi connectivity index (χ2n) is 7.52. The summed E-state index contributed by atoms with van der Waals surface area (Å²) in [6.07, 6.45) is 7.19. The molecular weight excluding hydrogens is 230 g/mol. The average molecular weight is 255 g/mol. The zero-order valence-corrected chi connectivity index (χ0v) is 11.9. The molecule has 2 atom stereocenters. The number of rotatable bonds is 2. The van der Waals surface area contributed by atoms with Crippen molar-refractivity contribution >= 4 is 0 Å². The highest BCUT2D eigenvalue weighted by molar-refractivity contribution is 5.32. The molecule has 1 nitrogen and oxygen atoms in total. The molecule has 1 heteroatoms. The Hall–Kier alpha value is -0.820. The summed E-state index contributed by atoms with van der Waals surface area (Å²) in [5.41, 5.74) is 9.62. The molecule has 0 aliphatic heterocycles. The molecule has 4 saturated carbocycles. The number of hydrogen-bond donors (Lipinski definition) is 1. The molecule has 2 N–H and O–H groups in total. The first kappa shape index (κ1) is 12.0. The third-order valence-corrected chi connectivity index (χ3v) is 6.37. The minimum absolute atomic E-state index is 0.508. The first-order chi connectivity index (χ1) is 9.20. The molecule has 1 aromatic rings. The van der Waals surface area contributed by atoms with E-state index in [9.17, 15) is 0 Å². The van der Waals surface area contributed by atoms with Gasteiger partial charge in [0.2, 0.25) is 0 Å². The van der Waals surface area contributed by atoms with Crippen LogP contribution in [-0.2, 0) is 5.41 Å². The van der Waals surface area contributed by atoms with Crippen molar-refractivity contribution in [3.05, 3.63) is 35.4 Å². The lowest BCUT2D eigenvalue weighted by atomic mass is 9.45. The second kappa shape index (κ2) is 4.09. The van der Waals surface area contributed by atoms with Crippen molar-refractivity contribution in [3.63, 3.8) is 0 Å². The Balaban J connectivity index is 1.73. The molecule has 4 aliphatic carbocycles. The van der Waals surface area contributed by atoms with Crippen LogP contribution in [0.1, 0.15) is 43.2 Å². The van der Waals surface area contributed by atoms with Crippen molar-refractivity contribution in [2.24, 2.45) is 29.4 Å². The van der Waals surface area contributed by atoms with Gasteiger partial charge in [0.05, 0.1) is 0 Å². The van der Waals surface area contributed by atoms with Gasteiger partial charge in [0, 0.05) is 0 Å². The van der Waals surface area contributed by atoms with Crippen molar-refractivity contribution in [3.8, 4) is 0 Å². The van der Waals surface area contributed by atoms with Crippen LogP contribution in [0.5, 0.6) is 0 Å². The van der Waals surface area contributed by atoms with E-state index in [4.69, 9.17) is 5.73 Å². The number of hydrogen-bond acceptors (Lipinski definition) is 1. The fraction of sp³-hybridized carbons (Fsp3) is 0.667. The largest absolute Gasteiger partial charge is 0.330 e. The Morgan fingerprint density at radius 1 is 1.16 bits per heavy atom. The van der Waals surface area contributed by atoms with Crippen LogP contribution in [0.4, 0.5) is 0 Å². The summed E-state index contributed by atoms with van der Waals surface area (Å²) in [5, 5.41) is 0. The summed E-state index contributed by atoms with van der Waals surface area (Å²) in [5.74, 6) is 3.64. The van der Waals surface area contributed by atoms with Crippen molar-refractivity contribution in [1.29, 1.82) is 0 Å². The molecule has 1 aromatic carbocycles. The van der Waals surface area contributed by atoms with Crippen molar-refractivity contribution in [2.45, 2.75) is 44.4 Å². The van der Waals surface area contributed by atoms with Gasteiger partial charge in [-0.2, -0.15) is 0 Å². The smallest absolute Gasteiger partial charge is 0.00387 e. The van der Waals surface area contributed by atoms with Gasteiger partial charge in [-0.15, -0.1) is 0 Å². The predicted octanol–water partition coefficient (Wildman–Crippen LogP) is 3.65. The Morgan fingerprint density at radius 2 is 1.89 bits per heavy atom. The highest BCUT2D eigenvalue weighted by atomic mass is 14.7. The van der Waals surface area contributed by atoms with Gasteiger partial charge in [-0.3, -0.25) is 0 Å². The van der Waals surface area contributed by atoms with Gasteiger partial charge in [-0.05, 0) is 80.2 Å². The molecule has 4 fully saturated rings.